The highest BCUT2D eigenvalue weighted by Crippen LogP contribution is 2.32. The Hall–Kier alpha value is -1.19. The van der Waals surface area contributed by atoms with Crippen LogP contribution in [0.1, 0.15) is 5.56 Å². The number of nitrogens with zero attached hydrogens (tertiary/aromatic N) is 1. The third-order valence-electron chi connectivity index (χ3n) is 2.25. The highest BCUT2D eigenvalue weighted by Gasteiger charge is 2.11. The molecule has 78 valence electrons. The molecular formula is C10H9Cl2N3. The van der Waals surface area contributed by atoms with Crippen LogP contribution in [0, 0.1) is 6.92 Å². The first-order valence-electron chi connectivity index (χ1n) is 4.35. The van der Waals surface area contributed by atoms with Crippen LogP contribution in [0.2, 0.25) is 10.0 Å². The van der Waals surface area contributed by atoms with E-state index >= 15 is 0 Å². The van der Waals surface area contributed by atoms with Gasteiger partial charge in [0.05, 0.1) is 10.7 Å². The van der Waals surface area contributed by atoms with Crippen LogP contribution in [0.3, 0.4) is 0 Å². The maximum absolute atomic E-state index is 6.06. The van der Waals surface area contributed by atoms with Crippen LogP contribution in [-0.4, -0.2) is 10.2 Å². The van der Waals surface area contributed by atoms with Crippen LogP contribution < -0.4 is 5.73 Å². The van der Waals surface area contributed by atoms with Crippen LogP contribution in [0.25, 0.3) is 11.3 Å². The molecule has 0 amide bonds. The molecule has 2 rings (SSSR count). The molecular weight excluding hydrogens is 233 g/mol. The molecule has 0 unspecified atom stereocenters. The third kappa shape index (κ3) is 1.80. The van der Waals surface area contributed by atoms with Crippen molar-refractivity contribution in [2.45, 2.75) is 6.92 Å². The standard InChI is InChI=1S/C10H9Cl2N3/c1-5-9(14-15-10(5)13)7-4-6(11)2-3-8(7)12/h2-4H,1H3,(H3,13,14,15). The molecule has 0 aliphatic rings. The topological polar surface area (TPSA) is 54.7 Å². The lowest BCUT2D eigenvalue weighted by atomic mass is 10.1. The Morgan fingerprint density at radius 1 is 1.33 bits per heavy atom. The summed E-state index contributed by atoms with van der Waals surface area (Å²) in [7, 11) is 0. The molecule has 1 aromatic carbocycles. The highest BCUT2D eigenvalue weighted by atomic mass is 35.5. The van der Waals surface area contributed by atoms with E-state index in [9.17, 15) is 0 Å². The lowest BCUT2D eigenvalue weighted by Crippen LogP contribution is -1.86. The largest absolute Gasteiger partial charge is 0.382 e. The Labute approximate surface area is 97.2 Å². The number of benzene rings is 1. The Bertz CT molecular complexity index is 505. The summed E-state index contributed by atoms with van der Waals surface area (Å²) in [5, 5.41) is 8.00. The number of hydrogen-bond donors (Lipinski definition) is 2. The summed E-state index contributed by atoms with van der Waals surface area (Å²) in [4.78, 5) is 0. The van der Waals surface area contributed by atoms with Gasteiger partial charge in [-0.2, -0.15) is 5.10 Å². The van der Waals surface area contributed by atoms with Gasteiger partial charge in [0.2, 0.25) is 0 Å². The minimum atomic E-state index is 0.473. The van der Waals surface area contributed by atoms with Crippen molar-refractivity contribution in [1.29, 1.82) is 0 Å². The van der Waals surface area contributed by atoms with E-state index in [1.54, 1.807) is 18.2 Å². The lowest BCUT2D eigenvalue weighted by molar-refractivity contribution is 1.10. The van der Waals surface area contributed by atoms with Gasteiger partial charge in [0.15, 0.2) is 0 Å². The monoisotopic (exact) mass is 241 g/mol. The normalized spacial score (nSPS) is 10.6. The molecule has 3 N–H and O–H groups in total. The van der Waals surface area contributed by atoms with Gasteiger partial charge in [0.25, 0.3) is 0 Å². The van der Waals surface area contributed by atoms with E-state index < -0.39 is 0 Å². The van der Waals surface area contributed by atoms with E-state index in [4.69, 9.17) is 28.9 Å². The number of aromatic amines is 1. The number of H-pyrrole nitrogens is 1. The molecule has 3 nitrogen and oxygen atoms in total. The van der Waals surface area contributed by atoms with Gasteiger partial charge in [-0.3, -0.25) is 5.10 Å². The molecule has 0 aliphatic heterocycles. The molecule has 0 saturated heterocycles. The number of halogens is 2. The van der Waals surface area contributed by atoms with Gasteiger partial charge >= 0.3 is 0 Å². The van der Waals surface area contributed by atoms with E-state index in [1.165, 1.54) is 0 Å². The Balaban J connectivity index is 2.63. The van der Waals surface area contributed by atoms with Crippen LogP contribution >= 0.6 is 23.2 Å². The van der Waals surface area contributed by atoms with Crippen molar-refractivity contribution in [3.8, 4) is 11.3 Å². The lowest BCUT2D eigenvalue weighted by Gasteiger charge is -2.03. The summed E-state index contributed by atoms with van der Waals surface area (Å²) in [6.45, 7) is 1.88. The van der Waals surface area contributed by atoms with Gasteiger partial charge in [0.1, 0.15) is 5.82 Å². The molecule has 0 atom stereocenters. The minimum Gasteiger partial charge on any atom is -0.382 e. The smallest absolute Gasteiger partial charge is 0.148 e. The van der Waals surface area contributed by atoms with Crippen molar-refractivity contribution < 1.29 is 0 Å². The van der Waals surface area contributed by atoms with Crippen molar-refractivity contribution in [2.24, 2.45) is 0 Å². The van der Waals surface area contributed by atoms with Gasteiger partial charge in [-0.15, -0.1) is 0 Å². The van der Waals surface area contributed by atoms with Crippen molar-refractivity contribution >= 4 is 29.0 Å². The SMILES string of the molecule is Cc1c(N)n[nH]c1-c1cc(Cl)ccc1Cl. The fourth-order valence-electron chi connectivity index (χ4n) is 1.36. The van der Waals surface area contributed by atoms with Crippen molar-refractivity contribution in [1.82, 2.24) is 10.2 Å². The van der Waals surface area contributed by atoms with E-state index in [-0.39, 0.29) is 0 Å². The number of hydrogen-bond acceptors (Lipinski definition) is 2. The molecule has 1 aromatic heterocycles. The second-order valence-electron chi connectivity index (χ2n) is 3.23. The Morgan fingerprint density at radius 2 is 2.07 bits per heavy atom. The second kappa shape index (κ2) is 3.76. The molecule has 0 spiro atoms. The first-order chi connectivity index (χ1) is 7.09. The first kappa shape index (κ1) is 10.3. The van der Waals surface area contributed by atoms with Crippen LogP contribution in [0.5, 0.6) is 0 Å². The molecule has 0 radical (unpaired) electrons. The van der Waals surface area contributed by atoms with Crippen molar-refractivity contribution in [3.63, 3.8) is 0 Å². The number of anilines is 1. The van der Waals surface area contributed by atoms with Gasteiger partial charge in [0, 0.05) is 16.1 Å². The molecule has 0 fully saturated rings. The molecule has 5 heteroatoms. The molecule has 0 aliphatic carbocycles. The predicted octanol–water partition coefficient (Wildman–Crippen LogP) is 3.27. The third-order valence-corrected chi connectivity index (χ3v) is 2.81. The summed E-state index contributed by atoms with van der Waals surface area (Å²) in [5.74, 6) is 0.473. The van der Waals surface area contributed by atoms with E-state index in [0.717, 1.165) is 16.8 Å². The predicted molar refractivity (Wildman–Crippen MR) is 63.2 cm³/mol. The quantitative estimate of drug-likeness (QED) is 0.806. The molecule has 15 heavy (non-hydrogen) atoms. The van der Waals surface area contributed by atoms with E-state index in [1.807, 2.05) is 6.92 Å². The number of aromatic nitrogens is 2. The average Bonchev–Trinajstić information content (AvgIpc) is 2.52. The molecule has 2 aromatic rings. The summed E-state index contributed by atoms with van der Waals surface area (Å²) in [6, 6.07) is 5.27. The summed E-state index contributed by atoms with van der Waals surface area (Å²) in [5.41, 5.74) is 8.14. The van der Waals surface area contributed by atoms with Crippen molar-refractivity contribution in [3.05, 3.63) is 33.8 Å². The maximum atomic E-state index is 6.06. The zero-order chi connectivity index (χ0) is 11.0. The fourth-order valence-corrected chi connectivity index (χ4v) is 1.75. The maximum Gasteiger partial charge on any atom is 0.148 e. The molecule has 0 saturated carbocycles. The number of nitrogen functional groups attached to an aromatic ring is 1. The summed E-state index contributed by atoms with van der Waals surface area (Å²) >= 11 is 12.0. The van der Waals surface area contributed by atoms with Gasteiger partial charge in [-0.1, -0.05) is 23.2 Å². The van der Waals surface area contributed by atoms with Crippen LogP contribution in [-0.2, 0) is 0 Å². The van der Waals surface area contributed by atoms with Gasteiger partial charge < -0.3 is 5.73 Å². The Morgan fingerprint density at radius 3 is 2.67 bits per heavy atom. The zero-order valence-corrected chi connectivity index (χ0v) is 9.52. The zero-order valence-electron chi connectivity index (χ0n) is 8.01. The number of nitrogens with two attached hydrogens (primary N) is 1. The first-order valence-corrected chi connectivity index (χ1v) is 5.11. The average molecular weight is 242 g/mol. The number of rotatable bonds is 1. The van der Waals surface area contributed by atoms with Crippen LogP contribution in [0.4, 0.5) is 5.82 Å². The van der Waals surface area contributed by atoms with Crippen molar-refractivity contribution in [2.75, 3.05) is 5.73 Å². The summed E-state index contributed by atoms with van der Waals surface area (Å²) in [6.07, 6.45) is 0. The number of nitrogens with one attached hydrogen (secondary N) is 1. The van der Waals surface area contributed by atoms with E-state index in [0.29, 0.717) is 15.9 Å². The Kier molecular flexibility index (Phi) is 2.59. The highest BCUT2D eigenvalue weighted by molar-refractivity contribution is 6.35. The van der Waals surface area contributed by atoms with Gasteiger partial charge in [-0.25, -0.2) is 0 Å². The molecule has 0 bridgehead atoms. The fraction of sp³-hybridized carbons (Fsp3) is 0.100. The molecule has 1 heterocycles. The summed E-state index contributed by atoms with van der Waals surface area (Å²) < 4.78 is 0. The second-order valence-corrected chi connectivity index (χ2v) is 4.08. The van der Waals surface area contributed by atoms with Gasteiger partial charge in [-0.05, 0) is 25.1 Å². The van der Waals surface area contributed by atoms with E-state index in [2.05, 4.69) is 10.2 Å². The van der Waals surface area contributed by atoms with Crippen LogP contribution in [0.15, 0.2) is 18.2 Å². The minimum absolute atomic E-state index is 0.473.